The van der Waals surface area contributed by atoms with Gasteiger partial charge in [0, 0.05) is 36.2 Å². The molecule has 0 saturated heterocycles. The second kappa shape index (κ2) is 5.13. The third-order valence-corrected chi connectivity index (χ3v) is 3.73. The Morgan fingerprint density at radius 2 is 2.21 bits per heavy atom. The maximum atomic E-state index is 4.65. The van der Waals surface area contributed by atoms with Crippen LogP contribution in [-0.4, -0.2) is 20.8 Å². The molecule has 0 aromatic carbocycles. The van der Waals surface area contributed by atoms with Gasteiger partial charge in [-0.3, -0.25) is 9.67 Å². The van der Waals surface area contributed by atoms with Crippen molar-refractivity contribution < 1.29 is 0 Å². The van der Waals surface area contributed by atoms with Crippen molar-refractivity contribution in [2.24, 2.45) is 0 Å². The Morgan fingerprint density at radius 1 is 1.37 bits per heavy atom. The van der Waals surface area contributed by atoms with Gasteiger partial charge in [-0.05, 0) is 38.3 Å². The van der Waals surface area contributed by atoms with E-state index in [2.05, 4.69) is 40.0 Å². The molecule has 0 radical (unpaired) electrons. The Hall–Kier alpha value is -1.68. The largest absolute Gasteiger partial charge is 0.310 e. The normalized spacial score (nSPS) is 14.8. The van der Waals surface area contributed by atoms with Crippen molar-refractivity contribution in [1.82, 2.24) is 20.1 Å². The minimum atomic E-state index is 0.737. The summed E-state index contributed by atoms with van der Waals surface area (Å²) in [6.45, 7) is 5.98. The van der Waals surface area contributed by atoms with E-state index in [1.165, 1.54) is 29.7 Å². The SMILES string of the molecule is Cc1nn(Cc2cccnc2)c(C)c1CNC1CC1. The van der Waals surface area contributed by atoms with E-state index in [1.54, 1.807) is 6.20 Å². The van der Waals surface area contributed by atoms with Crippen LogP contribution in [0.3, 0.4) is 0 Å². The summed E-state index contributed by atoms with van der Waals surface area (Å²) in [4.78, 5) is 4.15. The van der Waals surface area contributed by atoms with Gasteiger partial charge < -0.3 is 5.32 Å². The highest BCUT2D eigenvalue weighted by Gasteiger charge is 2.21. The molecule has 0 bridgehead atoms. The van der Waals surface area contributed by atoms with Crippen molar-refractivity contribution >= 4 is 0 Å². The van der Waals surface area contributed by atoms with Gasteiger partial charge in [0.1, 0.15) is 0 Å². The van der Waals surface area contributed by atoms with Crippen molar-refractivity contribution in [2.75, 3.05) is 0 Å². The first kappa shape index (κ1) is 12.4. The first-order valence-electron chi connectivity index (χ1n) is 6.89. The zero-order valence-corrected chi connectivity index (χ0v) is 11.6. The zero-order chi connectivity index (χ0) is 13.2. The second-order valence-corrected chi connectivity index (χ2v) is 5.32. The minimum Gasteiger partial charge on any atom is -0.310 e. The van der Waals surface area contributed by atoms with Crippen LogP contribution in [0.4, 0.5) is 0 Å². The Balaban J connectivity index is 1.76. The lowest BCUT2D eigenvalue weighted by Gasteiger charge is -2.06. The third-order valence-electron chi connectivity index (χ3n) is 3.73. The summed E-state index contributed by atoms with van der Waals surface area (Å²) < 4.78 is 2.08. The number of hydrogen-bond donors (Lipinski definition) is 1. The smallest absolute Gasteiger partial charge is 0.0677 e. The van der Waals surface area contributed by atoms with Crippen LogP contribution in [0.25, 0.3) is 0 Å². The highest BCUT2D eigenvalue weighted by Crippen LogP contribution is 2.21. The van der Waals surface area contributed by atoms with E-state index in [4.69, 9.17) is 0 Å². The minimum absolute atomic E-state index is 0.737. The molecule has 0 amide bonds. The Labute approximate surface area is 113 Å². The van der Waals surface area contributed by atoms with Crippen molar-refractivity contribution in [2.45, 2.75) is 45.8 Å². The number of nitrogens with zero attached hydrogens (tertiary/aromatic N) is 3. The van der Waals surface area contributed by atoms with Gasteiger partial charge in [-0.2, -0.15) is 5.10 Å². The summed E-state index contributed by atoms with van der Waals surface area (Å²) in [5, 5.41) is 8.22. The molecule has 4 nitrogen and oxygen atoms in total. The molecule has 4 heteroatoms. The first-order chi connectivity index (χ1) is 9.24. The van der Waals surface area contributed by atoms with Gasteiger partial charge in [0.2, 0.25) is 0 Å². The summed E-state index contributed by atoms with van der Waals surface area (Å²) in [5.41, 5.74) is 4.93. The molecule has 2 aromatic rings. The Kier molecular flexibility index (Phi) is 3.34. The summed E-state index contributed by atoms with van der Waals surface area (Å²) in [5.74, 6) is 0. The van der Waals surface area contributed by atoms with Gasteiger partial charge in [0.05, 0.1) is 12.2 Å². The van der Waals surface area contributed by atoms with E-state index in [0.717, 1.165) is 24.8 Å². The van der Waals surface area contributed by atoms with Crippen LogP contribution in [0.1, 0.15) is 35.4 Å². The Bertz CT molecular complexity index is 555. The average Bonchev–Trinajstić information content (AvgIpc) is 3.19. The molecular weight excluding hydrogens is 236 g/mol. The number of aromatic nitrogens is 3. The molecule has 0 spiro atoms. The van der Waals surface area contributed by atoms with E-state index in [-0.39, 0.29) is 0 Å². The van der Waals surface area contributed by atoms with Gasteiger partial charge in [-0.15, -0.1) is 0 Å². The maximum absolute atomic E-state index is 4.65. The number of aryl methyl sites for hydroxylation is 1. The fraction of sp³-hybridized carbons (Fsp3) is 0.467. The number of pyridine rings is 1. The molecule has 100 valence electrons. The summed E-state index contributed by atoms with van der Waals surface area (Å²) in [6.07, 6.45) is 6.35. The highest BCUT2D eigenvalue weighted by atomic mass is 15.3. The Morgan fingerprint density at radius 3 is 2.89 bits per heavy atom. The van der Waals surface area contributed by atoms with Gasteiger partial charge in [0.15, 0.2) is 0 Å². The van der Waals surface area contributed by atoms with Gasteiger partial charge >= 0.3 is 0 Å². The van der Waals surface area contributed by atoms with Crippen molar-refractivity contribution in [1.29, 1.82) is 0 Å². The van der Waals surface area contributed by atoms with Crippen molar-refractivity contribution in [3.63, 3.8) is 0 Å². The molecule has 1 aliphatic carbocycles. The molecule has 1 saturated carbocycles. The van der Waals surface area contributed by atoms with E-state index in [1.807, 2.05) is 12.3 Å². The lowest BCUT2D eigenvalue weighted by molar-refractivity contribution is 0.650. The van der Waals surface area contributed by atoms with Gasteiger partial charge in [-0.1, -0.05) is 6.07 Å². The van der Waals surface area contributed by atoms with Crippen LogP contribution in [-0.2, 0) is 13.1 Å². The zero-order valence-electron chi connectivity index (χ0n) is 11.6. The molecule has 0 aliphatic heterocycles. The molecule has 19 heavy (non-hydrogen) atoms. The van der Waals surface area contributed by atoms with E-state index < -0.39 is 0 Å². The molecule has 1 aliphatic rings. The van der Waals surface area contributed by atoms with E-state index >= 15 is 0 Å². The third kappa shape index (κ3) is 2.84. The quantitative estimate of drug-likeness (QED) is 0.891. The number of nitrogens with one attached hydrogen (secondary N) is 1. The summed E-state index contributed by atoms with van der Waals surface area (Å²) in [7, 11) is 0. The standard InChI is InChI=1S/C15H20N4/c1-11-15(9-17-14-5-6-14)12(2)19(18-11)10-13-4-3-7-16-8-13/h3-4,7-8,14,17H,5-6,9-10H2,1-2H3. The molecule has 3 rings (SSSR count). The monoisotopic (exact) mass is 256 g/mol. The van der Waals surface area contributed by atoms with Crippen LogP contribution in [0.15, 0.2) is 24.5 Å². The summed E-state index contributed by atoms with van der Waals surface area (Å²) >= 11 is 0. The second-order valence-electron chi connectivity index (χ2n) is 5.32. The fourth-order valence-corrected chi connectivity index (χ4v) is 2.34. The van der Waals surface area contributed by atoms with Crippen LogP contribution in [0.5, 0.6) is 0 Å². The van der Waals surface area contributed by atoms with Crippen LogP contribution in [0.2, 0.25) is 0 Å². The molecule has 1 fully saturated rings. The van der Waals surface area contributed by atoms with Crippen LogP contribution < -0.4 is 5.32 Å². The molecular formula is C15H20N4. The topological polar surface area (TPSA) is 42.7 Å². The highest BCUT2D eigenvalue weighted by molar-refractivity contribution is 5.25. The first-order valence-corrected chi connectivity index (χ1v) is 6.89. The summed E-state index contributed by atoms with van der Waals surface area (Å²) in [6, 6.07) is 4.79. The van der Waals surface area contributed by atoms with Crippen LogP contribution >= 0.6 is 0 Å². The number of hydrogen-bond acceptors (Lipinski definition) is 3. The van der Waals surface area contributed by atoms with E-state index in [9.17, 15) is 0 Å². The predicted molar refractivity (Wildman–Crippen MR) is 74.9 cm³/mol. The van der Waals surface area contributed by atoms with Gasteiger partial charge in [-0.25, -0.2) is 0 Å². The van der Waals surface area contributed by atoms with Gasteiger partial charge in [0.25, 0.3) is 0 Å². The lowest BCUT2D eigenvalue weighted by atomic mass is 10.2. The fourth-order valence-electron chi connectivity index (χ4n) is 2.34. The van der Waals surface area contributed by atoms with Crippen molar-refractivity contribution in [3.8, 4) is 0 Å². The molecule has 0 unspecified atom stereocenters. The molecule has 2 aromatic heterocycles. The molecule has 1 N–H and O–H groups in total. The molecule has 2 heterocycles. The number of rotatable bonds is 5. The molecule has 0 atom stereocenters. The average molecular weight is 256 g/mol. The predicted octanol–water partition coefficient (Wildman–Crippen LogP) is 2.20. The lowest BCUT2D eigenvalue weighted by Crippen LogP contribution is -2.16. The van der Waals surface area contributed by atoms with E-state index in [0.29, 0.717) is 0 Å². The van der Waals surface area contributed by atoms with Crippen molar-refractivity contribution in [3.05, 3.63) is 47.0 Å². The maximum Gasteiger partial charge on any atom is 0.0677 e. The van der Waals surface area contributed by atoms with Crippen LogP contribution in [0, 0.1) is 13.8 Å².